The molecule has 0 spiro atoms. The van der Waals surface area contributed by atoms with Crippen molar-refractivity contribution >= 4 is 17.8 Å². The molecule has 2 rings (SSSR count). The van der Waals surface area contributed by atoms with Crippen LogP contribution in [0.4, 0.5) is 0 Å². The van der Waals surface area contributed by atoms with Crippen molar-refractivity contribution in [3.05, 3.63) is 48.3 Å². The van der Waals surface area contributed by atoms with Crippen LogP contribution in [0.3, 0.4) is 0 Å². The van der Waals surface area contributed by atoms with Crippen LogP contribution in [0.15, 0.2) is 42.6 Å². The number of amides is 1. The summed E-state index contributed by atoms with van der Waals surface area (Å²) >= 11 is 0. The molecule has 0 aliphatic heterocycles. The second-order valence-corrected chi connectivity index (χ2v) is 7.82. The van der Waals surface area contributed by atoms with Crippen molar-refractivity contribution in [1.82, 2.24) is 4.98 Å². The molecule has 0 radical (unpaired) electrons. The lowest BCUT2D eigenvalue weighted by atomic mass is 10.1. The second kappa shape index (κ2) is 22.0. The highest BCUT2D eigenvalue weighted by Gasteiger charge is 2.18. The zero-order chi connectivity index (χ0) is 30.3. The lowest BCUT2D eigenvalue weighted by Crippen LogP contribution is -2.24. The number of nitrogens with zero attached hydrogens (tertiary/aromatic N) is 1. The van der Waals surface area contributed by atoms with Gasteiger partial charge in [0.05, 0.1) is 7.11 Å². The predicted octanol–water partition coefficient (Wildman–Crippen LogP) is 3.29. The van der Waals surface area contributed by atoms with Crippen LogP contribution in [-0.2, 0) is 23.8 Å². The first-order chi connectivity index (χ1) is 19.2. The lowest BCUT2D eigenvalue weighted by molar-refractivity contribution is -0.155. The fourth-order valence-corrected chi connectivity index (χ4v) is 3.00. The first-order valence-electron chi connectivity index (χ1n) is 12.8. The molecule has 2 atom stereocenters. The maximum atomic E-state index is 11.2. The molecule has 1 amide bonds. The first kappa shape index (κ1) is 36.1. The highest BCUT2D eigenvalue weighted by Crippen LogP contribution is 2.29. The molecule has 224 valence electrons. The Kier molecular flexibility index (Phi) is 19.8. The average molecular weight is 567 g/mol. The van der Waals surface area contributed by atoms with Crippen LogP contribution >= 0.6 is 0 Å². The van der Waals surface area contributed by atoms with Crippen molar-refractivity contribution in [3.63, 3.8) is 0 Å². The Balaban J connectivity index is 0.000000719. The number of para-hydroxylation sites is 1. The van der Waals surface area contributed by atoms with Crippen molar-refractivity contribution in [2.24, 2.45) is 5.73 Å². The number of nitrogens with two attached hydrogens (primary N) is 1. The third kappa shape index (κ3) is 14.9. The molecule has 12 heteroatoms. The van der Waals surface area contributed by atoms with Gasteiger partial charge in [0, 0.05) is 38.8 Å². The van der Waals surface area contributed by atoms with E-state index in [-0.39, 0.29) is 42.0 Å². The van der Waals surface area contributed by atoms with Crippen LogP contribution in [0.25, 0.3) is 0 Å². The van der Waals surface area contributed by atoms with Gasteiger partial charge in [0.25, 0.3) is 5.91 Å². The minimum atomic E-state index is -0.778. The number of rotatable bonds is 15. The Bertz CT molecular complexity index is 988. The van der Waals surface area contributed by atoms with Gasteiger partial charge in [0.1, 0.15) is 24.6 Å². The summed E-state index contributed by atoms with van der Waals surface area (Å²) in [6.45, 7) is 7.35. The van der Waals surface area contributed by atoms with E-state index in [2.05, 4.69) is 11.9 Å². The van der Waals surface area contributed by atoms with Crippen molar-refractivity contribution in [2.75, 3.05) is 34.2 Å². The van der Waals surface area contributed by atoms with E-state index < -0.39 is 18.7 Å². The minimum absolute atomic E-state index is 0.0201. The van der Waals surface area contributed by atoms with Gasteiger partial charge in [-0.15, -0.1) is 0 Å². The highest BCUT2D eigenvalue weighted by molar-refractivity contribution is 5.94. The summed E-state index contributed by atoms with van der Waals surface area (Å²) in [5.74, 6) is -0.383. The Morgan fingerprint density at radius 3 is 2.25 bits per heavy atom. The van der Waals surface area contributed by atoms with Gasteiger partial charge in [-0.2, -0.15) is 0 Å². The second-order valence-electron chi connectivity index (χ2n) is 7.82. The van der Waals surface area contributed by atoms with Gasteiger partial charge >= 0.3 is 11.9 Å². The van der Waals surface area contributed by atoms with E-state index in [1.54, 1.807) is 13.8 Å². The number of benzene rings is 1. The number of hydrogen-bond acceptors (Lipinski definition) is 11. The number of pyridine rings is 1. The number of aliphatic hydroxyl groups excluding tert-OH is 1. The van der Waals surface area contributed by atoms with Crippen molar-refractivity contribution < 1.29 is 47.9 Å². The molecule has 0 saturated carbocycles. The molecule has 1 heterocycles. The van der Waals surface area contributed by atoms with Crippen molar-refractivity contribution in [2.45, 2.75) is 59.2 Å². The lowest BCUT2D eigenvalue weighted by Gasteiger charge is -2.21. The molecule has 1 aromatic heterocycles. The number of methoxy groups -OCH3 is 1. The summed E-state index contributed by atoms with van der Waals surface area (Å²) in [6, 6.07) is 11.2. The number of aromatic nitrogens is 1. The van der Waals surface area contributed by atoms with E-state index in [1.807, 2.05) is 37.3 Å². The standard InChI is InChI=1S/C15H22O3.C12H16N2O6.CH4O/c1-4-13(11-12(3)17-15(16)5-2)18-14-9-7-6-8-10-14;1-3-18-6-9(15)19-7-20-11-8(17-2)4-5-14-10(11)12(13)16;1-2/h6-10,12-13H,4-5,11H2,1-3H3;4-5H,3,6-7H2,1-2H3,(H2,13,16);2H,1H3. The van der Waals surface area contributed by atoms with Crippen LogP contribution in [-0.4, -0.2) is 74.4 Å². The van der Waals surface area contributed by atoms with Crippen LogP contribution in [0, 0.1) is 0 Å². The zero-order valence-corrected chi connectivity index (χ0v) is 24.1. The summed E-state index contributed by atoms with van der Waals surface area (Å²) in [5, 5.41) is 7.00. The van der Waals surface area contributed by atoms with Gasteiger partial charge < -0.3 is 39.3 Å². The van der Waals surface area contributed by atoms with E-state index in [1.165, 1.54) is 19.4 Å². The van der Waals surface area contributed by atoms with E-state index in [0.717, 1.165) is 25.7 Å². The van der Waals surface area contributed by atoms with Gasteiger partial charge in [0.15, 0.2) is 17.2 Å². The van der Waals surface area contributed by atoms with Gasteiger partial charge in [-0.25, -0.2) is 9.78 Å². The molecule has 0 aliphatic carbocycles. The molecule has 2 unspecified atom stereocenters. The SMILES string of the molecule is CCC(=O)OC(C)CC(CC)Oc1ccccc1.CCOCC(=O)OCOc1c(OC)ccnc1C(N)=O.CO. The number of carbonyl (C=O) groups is 3. The molecule has 3 N–H and O–H groups in total. The maximum absolute atomic E-state index is 11.2. The number of ether oxygens (including phenoxy) is 6. The number of aliphatic hydroxyl groups is 1. The summed E-state index contributed by atoms with van der Waals surface area (Å²) in [5.41, 5.74) is 5.06. The van der Waals surface area contributed by atoms with Crippen LogP contribution < -0.4 is 19.9 Å². The average Bonchev–Trinajstić information content (AvgIpc) is 2.97. The molecule has 0 saturated heterocycles. The molecule has 0 fully saturated rings. The van der Waals surface area contributed by atoms with E-state index in [0.29, 0.717) is 13.0 Å². The largest absolute Gasteiger partial charge is 0.493 e. The summed E-state index contributed by atoms with van der Waals surface area (Å²) in [4.78, 5) is 37.4. The molecular formula is C28H42N2O10. The maximum Gasteiger partial charge on any atom is 0.334 e. The molecular weight excluding hydrogens is 524 g/mol. The number of carbonyl (C=O) groups excluding carboxylic acids is 3. The molecule has 0 aliphatic rings. The normalized spacial score (nSPS) is 11.3. The van der Waals surface area contributed by atoms with Crippen LogP contribution in [0.2, 0.25) is 0 Å². The molecule has 2 aromatic rings. The summed E-state index contributed by atoms with van der Waals surface area (Å²) in [7, 11) is 2.40. The quantitative estimate of drug-likeness (QED) is 0.240. The number of primary amides is 1. The molecule has 12 nitrogen and oxygen atoms in total. The Labute approximate surface area is 235 Å². The Hall–Kier alpha value is -3.90. The number of hydrogen-bond donors (Lipinski definition) is 2. The van der Waals surface area contributed by atoms with Crippen molar-refractivity contribution in [3.8, 4) is 17.2 Å². The van der Waals surface area contributed by atoms with Gasteiger partial charge in [-0.3, -0.25) is 9.59 Å². The molecule has 1 aromatic carbocycles. The third-order valence-electron chi connectivity index (χ3n) is 4.89. The highest BCUT2D eigenvalue weighted by atomic mass is 16.7. The topological polar surface area (TPSA) is 166 Å². The molecule has 0 bridgehead atoms. The molecule has 40 heavy (non-hydrogen) atoms. The smallest absolute Gasteiger partial charge is 0.334 e. The van der Waals surface area contributed by atoms with Gasteiger partial charge in [-0.05, 0) is 32.4 Å². The fraction of sp³-hybridized carbons (Fsp3) is 0.500. The number of esters is 2. The zero-order valence-electron chi connectivity index (χ0n) is 24.1. The van der Waals surface area contributed by atoms with Crippen LogP contribution in [0.5, 0.6) is 17.2 Å². The predicted molar refractivity (Wildman–Crippen MR) is 147 cm³/mol. The fourth-order valence-electron chi connectivity index (χ4n) is 3.00. The van der Waals surface area contributed by atoms with Gasteiger partial charge in [-0.1, -0.05) is 32.0 Å². The Morgan fingerprint density at radius 1 is 1.02 bits per heavy atom. The summed E-state index contributed by atoms with van der Waals surface area (Å²) in [6.07, 6.45) is 3.35. The third-order valence-corrected chi connectivity index (χ3v) is 4.89. The van der Waals surface area contributed by atoms with Crippen LogP contribution in [0.1, 0.15) is 57.4 Å². The van der Waals surface area contributed by atoms with E-state index in [9.17, 15) is 14.4 Å². The Morgan fingerprint density at radius 2 is 1.70 bits per heavy atom. The van der Waals surface area contributed by atoms with E-state index >= 15 is 0 Å². The summed E-state index contributed by atoms with van der Waals surface area (Å²) < 4.78 is 30.9. The van der Waals surface area contributed by atoms with Crippen molar-refractivity contribution in [1.29, 1.82) is 0 Å². The first-order valence-corrected chi connectivity index (χ1v) is 12.8. The van der Waals surface area contributed by atoms with Gasteiger partial charge in [0.2, 0.25) is 6.79 Å². The monoisotopic (exact) mass is 566 g/mol. The minimum Gasteiger partial charge on any atom is -0.493 e. The van der Waals surface area contributed by atoms with E-state index in [4.69, 9.17) is 39.3 Å².